The standard InChI is InChI=1S/C21H23ClN4O3/c1-2-29-15-8-6-14(7-9-15)23-20(28)26-12-10-21(11-13-26)24-18-16(19(27)25-21)4-3-5-17(18)22/h3-9,24H,2,10-13H2,1H3,(H,23,28)(H,25,27). The molecule has 29 heavy (non-hydrogen) atoms. The van der Waals surface area contributed by atoms with Crippen LogP contribution in [0.4, 0.5) is 16.2 Å². The van der Waals surface area contributed by atoms with Crippen molar-refractivity contribution in [1.29, 1.82) is 0 Å². The van der Waals surface area contributed by atoms with Crippen molar-refractivity contribution in [2.75, 3.05) is 30.3 Å². The molecule has 3 amide bonds. The molecule has 2 aliphatic heterocycles. The van der Waals surface area contributed by atoms with Gasteiger partial charge in [-0.1, -0.05) is 17.7 Å². The van der Waals surface area contributed by atoms with Gasteiger partial charge in [0.1, 0.15) is 11.4 Å². The Morgan fingerprint density at radius 2 is 1.90 bits per heavy atom. The van der Waals surface area contributed by atoms with E-state index in [2.05, 4.69) is 16.0 Å². The Bertz CT molecular complexity index is 924. The summed E-state index contributed by atoms with van der Waals surface area (Å²) >= 11 is 6.28. The monoisotopic (exact) mass is 414 g/mol. The number of hydrogen-bond donors (Lipinski definition) is 3. The summed E-state index contributed by atoms with van der Waals surface area (Å²) in [6.07, 6.45) is 1.17. The van der Waals surface area contributed by atoms with Crippen LogP contribution < -0.4 is 20.7 Å². The van der Waals surface area contributed by atoms with E-state index in [1.807, 2.05) is 31.2 Å². The fourth-order valence-electron chi connectivity index (χ4n) is 3.74. The molecule has 2 heterocycles. The van der Waals surface area contributed by atoms with Gasteiger partial charge in [0, 0.05) is 31.6 Å². The second kappa shape index (κ2) is 7.83. The average molecular weight is 415 g/mol. The topological polar surface area (TPSA) is 82.7 Å². The summed E-state index contributed by atoms with van der Waals surface area (Å²) in [5.74, 6) is 0.622. The molecule has 1 saturated heterocycles. The van der Waals surface area contributed by atoms with Crippen molar-refractivity contribution in [3.63, 3.8) is 0 Å². The molecule has 1 fully saturated rings. The number of anilines is 2. The molecule has 0 atom stereocenters. The van der Waals surface area contributed by atoms with Gasteiger partial charge in [0.05, 0.1) is 22.9 Å². The molecule has 2 aromatic carbocycles. The second-order valence-electron chi connectivity index (χ2n) is 7.20. The van der Waals surface area contributed by atoms with E-state index in [4.69, 9.17) is 16.3 Å². The second-order valence-corrected chi connectivity index (χ2v) is 7.61. The van der Waals surface area contributed by atoms with Crippen molar-refractivity contribution in [3.05, 3.63) is 53.1 Å². The highest BCUT2D eigenvalue weighted by Gasteiger charge is 2.41. The lowest BCUT2D eigenvalue weighted by atomic mass is 9.92. The van der Waals surface area contributed by atoms with Crippen molar-refractivity contribution >= 4 is 34.9 Å². The van der Waals surface area contributed by atoms with Gasteiger partial charge in [-0.3, -0.25) is 4.79 Å². The van der Waals surface area contributed by atoms with E-state index in [-0.39, 0.29) is 11.9 Å². The number of carbonyl (C=O) groups is 2. The number of nitrogens with zero attached hydrogens (tertiary/aromatic N) is 1. The number of halogens is 1. The first-order valence-electron chi connectivity index (χ1n) is 9.68. The number of para-hydroxylation sites is 1. The minimum absolute atomic E-state index is 0.145. The molecule has 1 spiro atoms. The van der Waals surface area contributed by atoms with Crippen molar-refractivity contribution < 1.29 is 14.3 Å². The first-order chi connectivity index (χ1) is 14.0. The predicted octanol–water partition coefficient (Wildman–Crippen LogP) is 3.92. The van der Waals surface area contributed by atoms with Crippen LogP contribution in [-0.2, 0) is 0 Å². The molecule has 0 unspecified atom stereocenters. The lowest BCUT2D eigenvalue weighted by molar-refractivity contribution is 0.0852. The van der Waals surface area contributed by atoms with Crippen LogP contribution in [0, 0.1) is 0 Å². The average Bonchev–Trinajstić information content (AvgIpc) is 2.71. The van der Waals surface area contributed by atoms with Crippen molar-refractivity contribution in [1.82, 2.24) is 10.2 Å². The number of carbonyl (C=O) groups excluding carboxylic acids is 2. The minimum Gasteiger partial charge on any atom is -0.494 e. The number of urea groups is 1. The maximum atomic E-state index is 12.6. The fourth-order valence-corrected chi connectivity index (χ4v) is 3.96. The molecule has 0 bridgehead atoms. The Kier molecular flexibility index (Phi) is 5.24. The summed E-state index contributed by atoms with van der Waals surface area (Å²) < 4.78 is 5.41. The molecule has 0 aliphatic carbocycles. The highest BCUT2D eigenvalue weighted by molar-refractivity contribution is 6.34. The van der Waals surface area contributed by atoms with E-state index in [0.29, 0.717) is 54.5 Å². The summed E-state index contributed by atoms with van der Waals surface area (Å²) in [6.45, 7) is 3.54. The normalized spacial score (nSPS) is 17.2. The summed E-state index contributed by atoms with van der Waals surface area (Å²) in [6, 6.07) is 12.4. The summed E-state index contributed by atoms with van der Waals surface area (Å²) in [4.78, 5) is 26.9. The molecule has 0 aromatic heterocycles. The van der Waals surface area contributed by atoms with E-state index < -0.39 is 5.66 Å². The molecule has 8 heteroatoms. The molecule has 2 aliphatic rings. The van der Waals surface area contributed by atoms with Gasteiger partial charge in [-0.05, 0) is 43.3 Å². The van der Waals surface area contributed by atoms with Crippen molar-refractivity contribution in [2.24, 2.45) is 0 Å². The zero-order valence-corrected chi connectivity index (χ0v) is 16.9. The molecule has 152 valence electrons. The Hall–Kier alpha value is -2.93. The summed E-state index contributed by atoms with van der Waals surface area (Å²) in [7, 11) is 0. The van der Waals surface area contributed by atoms with Crippen LogP contribution in [0.5, 0.6) is 5.75 Å². The molecule has 3 N–H and O–H groups in total. The van der Waals surface area contributed by atoms with E-state index in [1.165, 1.54) is 0 Å². The molecule has 0 saturated carbocycles. The van der Waals surface area contributed by atoms with Crippen LogP contribution in [-0.4, -0.2) is 42.2 Å². The van der Waals surface area contributed by atoms with Gasteiger partial charge in [0.25, 0.3) is 5.91 Å². The zero-order valence-electron chi connectivity index (χ0n) is 16.1. The third kappa shape index (κ3) is 3.96. The SMILES string of the molecule is CCOc1ccc(NC(=O)N2CCC3(CC2)NC(=O)c2cccc(Cl)c2N3)cc1. The Labute approximate surface area is 174 Å². The van der Waals surface area contributed by atoms with Gasteiger partial charge in [-0.2, -0.15) is 0 Å². The van der Waals surface area contributed by atoms with Gasteiger partial charge in [-0.25, -0.2) is 4.79 Å². The van der Waals surface area contributed by atoms with Crippen molar-refractivity contribution in [3.8, 4) is 5.75 Å². The van der Waals surface area contributed by atoms with Gasteiger partial charge >= 0.3 is 6.03 Å². The first-order valence-corrected chi connectivity index (χ1v) is 10.1. The van der Waals surface area contributed by atoms with Gasteiger partial charge in [0.2, 0.25) is 0 Å². The van der Waals surface area contributed by atoms with Crippen molar-refractivity contribution in [2.45, 2.75) is 25.4 Å². The summed E-state index contributed by atoms with van der Waals surface area (Å²) in [5, 5.41) is 9.89. The van der Waals surface area contributed by atoms with Crippen LogP contribution in [0.1, 0.15) is 30.1 Å². The maximum Gasteiger partial charge on any atom is 0.321 e. The van der Waals surface area contributed by atoms with Gasteiger partial charge in [-0.15, -0.1) is 0 Å². The highest BCUT2D eigenvalue weighted by Crippen LogP contribution is 2.35. The van der Waals surface area contributed by atoms with E-state index in [0.717, 1.165) is 5.75 Å². The molecular formula is C21H23ClN4O3. The minimum atomic E-state index is -0.592. The zero-order chi connectivity index (χ0) is 20.4. The smallest absolute Gasteiger partial charge is 0.321 e. The van der Waals surface area contributed by atoms with Crippen LogP contribution in [0.15, 0.2) is 42.5 Å². The van der Waals surface area contributed by atoms with Crippen LogP contribution in [0.3, 0.4) is 0 Å². The number of piperidine rings is 1. The van der Waals surface area contributed by atoms with Crippen LogP contribution >= 0.6 is 11.6 Å². The summed E-state index contributed by atoms with van der Waals surface area (Å²) in [5.41, 5.74) is 1.32. The number of fused-ring (bicyclic) bond motifs is 1. The van der Waals surface area contributed by atoms with E-state index in [1.54, 1.807) is 23.1 Å². The molecule has 0 radical (unpaired) electrons. The quantitative estimate of drug-likeness (QED) is 0.710. The first kappa shape index (κ1) is 19.4. The number of likely N-dealkylation sites (tertiary alicyclic amines) is 1. The highest BCUT2D eigenvalue weighted by atomic mass is 35.5. The number of amides is 3. The third-order valence-corrected chi connectivity index (χ3v) is 5.61. The van der Waals surface area contributed by atoms with Gasteiger partial charge in [0.15, 0.2) is 0 Å². The van der Waals surface area contributed by atoms with E-state index in [9.17, 15) is 9.59 Å². The number of hydrogen-bond acceptors (Lipinski definition) is 4. The Morgan fingerprint density at radius 1 is 1.17 bits per heavy atom. The molecular weight excluding hydrogens is 392 g/mol. The third-order valence-electron chi connectivity index (χ3n) is 5.30. The number of rotatable bonds is 3. The lowest BCUT2D eigenvalue weighted by Gasteiger charge is -2.46. The number of nitrogens with one attached hydrogen (secondary N) is 3. The maximum absolute atomic E-state index is 12.6. The largest absolute Gasteiger partial charge is 0.494 e. The molecule has 7 nitrogen and oxygen atoms in total. The fraction of sp³-hybridized carbons (Fsp3) is 0.333. The number of benzene rings is 2. The Balaban J connectivity index is 1.38. The van der Waals surface area contributed by atoms with Gasteiger partial charge < -0.3 is 25.6 Å². The van der Waals surface area contributed by atoms with Crippen LogP contribution in [0.25, 0.3) is 0 Å². The lowest BCUT2D eigenvalue weighted by Crippen LogP contribution is -2.63. The number of ether oxygens (including phenoxy) is 1. The molecule has 2 aromatic rings. The Morgan fingerprint density at radius 3 is 2.59 bits per heavy atom. The van der Waals surface area contributed by atoms with E-state index >= 15 is 0 Å². The predicted molar refractivity (Wildman–Crippen MR) is 113 cm³/mol. The molecule has 4 rings (SSSR count). The van der Waals surface area contributed by atoms with Crippen LogP contribution in [0.2, 0.25) is 5.02 Å².